The highest BCUT2D eigenvalue weighted by molar-refractivity contribution is 7.19. The van der Waals surface area contributed by atoms with Crippen LogP contribution in [0.4, 0.5) is 10.8 Å². The summed E-state index contributed by atoms with van der Waals surface area (Å²) in [5, 5.41) is 33.0. The maximum atomic E-state index is 11.9. The Labute approximate surface area is 170 Å². The average molecular weight is 420 g/mol. The van der Waals surface area contributed by atoms with E-state index in [-0.39, 0.29) is 11.3 Å². The first-order valence-electron chi connectivity index (χ1n) is 8.21. The number of halogens is 1. The van der Waals surface area contributed by atoms with E-state index in [4.69, 9.17) is 17.3 Å². The van der Waals surface area contributed by atoms with Gasteiger partial charge in [0, 0.05) is 9.90 Å². The third-order valence-electron chi connectivity index (χ3n) is 4.14. The molecule has 7 nitrogen and oxygen atoms in total. The lowest BCUT2D eigenvalue weighted by molar-refractivity contribution is -0.182. The number of anilines is 2. The van der Waals surface area contributed by atoms with E-state index in [1.54, 1.807) is 30.3 Å². The summed E-state index contributed by atoms with van der Waals surface area (Å²) < 4.78 is 0. The third-order valence-corrected chi connectivity index (χ3v) is 5.49. The van der Waals surface area contributed by atoms with Crippen LogP contribution in [-0.2, 0) is 5.60 Å². The highest BCUT2D eigenvalue weighted by atomic mass is 35.5. The summed E-state index contributed by atoms with van der Waals surface area (Å²) in [6.07, 6.45) is -2.00. The van der Waals surface area contributed by atoms with E-state index in [2.05, 4.69) is 10.3 Å². The lowest BCUT2D eigenvalue weighted by Gasteiger charge is -2.24. The molecule has 0 aliphatic carbocycles. The van der Waals surface area contributed by atoms with Crippen LogP contribution in [0.25, 0.3) is 10.4 Å². The Hall–Kier alpha value is -2.49. The molecule has 3 aromatic rings. The highest BCUT2D eigenvalue weighted by Crippen LogP contribution is 2.37. The lowest BCUT2D eigenvalue weighted by atomic mass is 10.0. The van der Waals surface area contributed by atoms with E-state index in [0.29, 0.717) is 15.8 Å². The number of amides is 1. The number of nitrogens with zero attached hydrogens (tertiary/aromatic N) is 1. The molecule has 2 heterocycles. The number of rotatable bonds is 6. The van der Waals surface area contributed by atoms with Crippen LogP contribution in [0.1, 0.15) is 23.0 Å². The first-order valence-corrected chi connectivity index (χ1v) is 9.40. The second kappa shape index (κ2) is 7.86. The van der Waals surface area contributed by atoms with Gasteiger partial charge in [0.25, 0.3) is 5.91 Å². The van der Waals surface area contributed by atoms with Gasteiger partial charge in [0.15, 0.2) is 11.9 Å². The van der Waals surface area contributed by atoms with E-state index < -0.39 is 17.8 Å². The third kappa shape index (κ3) is 4.16. The van der Waals surface area contributed by atoms with Gasteiger partial charge in [-0.3, -0.25) is 4.79 Å². The number of carbonyl (C=O) groups is 1. The van der Waals surface area contributed by atoms with Gasteiger partial charge < -0.3 is 26.4 Å². The molecular formula is C19H18ClN3O4S. The first kappa shape index (κ1) is 20.2. The van der Waals surface area contributed by atoms with Gasteiger partial charge in [0.2, 0.25) is 0 Å². The van der Waals surface area contributed by atoms with Gasteiger partial charge in [-0.25, -0.2) is 4.98 Å². The molecule has 0 aliphatic rings. The fourth-order valence-corrected chi connectivity index (χ4v) is 3.66. The minimum Gasteiger partial charge on any atom is -0.378 e. The molecule has 0 saturated heterocycles. The summed E-state index contributed by atoms with van der Waals surface area (Å²) in [6.45, 7) is 1.24. The van der Waals surface area contributed by atoms with Crippen LogP contribution in [0.3, 0.4) is 0 Å². The molecule has 1 aromatic carbocycles. The van der Waals surface area contributed by atoms with Gasteiger partial charge in [-0.1, -0.05) is 29.8 Å². The first-order chi connectivity index (χ1) is 13.2. The average Bonchev–Trinajstić information content (AvgIpc) is 3.06. The van der Waals surface area contributed by atoms with Crippen LogP contribution < -0.4 is 11.1 Å². The molecule has 0 fully saturated rings. The molecule has 0 saturated carbocycles. The van der Waals surface area contributed by atoms with Crippen molar-refractivity contribution in [2.24, 2.45) is 5.73 Å². The largest absolute Gasteiger partial charge is 0.378 e. The molecule has 3 rings (SSSR count). The lowest BCUT2D eigenvalue weighted by Crippen LogP contribution is -2.37. The van der Waals surface area contributed by atoms with Crippen LogP contribution in [0.5, 0.6) is 0 Å². The number of nitrogens with two attached hydrogens (primary N) is 1. The fraction of sp³-hybridized carbons (Fsp3) is 0.158. The van der Waals surface area contributed by atoms with Crippen molar-refractivity contribution in [2.45, 2.75) is 18.8 Å². The number of thiophene rings is 1. The van der Waals surface area contributed by atoms with Crippen molar-refractivity contribution in [1.82, 2.24) is 4.98 Å². The normalized spacial score (nSPS) is 13.4. The molecule has 9 heteroatoms. The number of aliphatic hydroxyl groups excluding tert-OH is 1. The van der Waals surface area contributed by atoms with Crippen LogP contribution in [-0.4, -0.2) is 32.5 Å². The van der Waals surface area contributed by atoms with Gasteiger partial charge in [-0.2, -0.15) is 0 Å². The maximum absolute atomic E-state index is 11.9. The number of hydrogen-bond acceptors (Lipinski definition) is 7. The number of hydrogen-bond donors (Lipinski definition) is 5. The Morgan fingerprint density at radius 1 is 1.25 bits per heavy atom. The van der Waals surface area contributed by atoms with Gasteiger partial charge in [0.1, 0.15) is 10.8 Å². The number of carbonyl (C=O) groups excluding carboxylic acids is 1. The predicted molar refractivity (Wildman–Crippen MR) is 109 cm³/mol. The monoisotopic (exact) mass is 419 g/mol. The zero-order chi connectivity index (χ0) is 20.5. The number of aliphatic hydroxyl groups is 3. The standard InChI is InChI=1S/C19H18ClN3O4S/c1-19(27,18(25)26)14-3-2-4-15(22-14)23-17-12(16(21)24)9-13(28-17)10-5-7-11(20)8-6-10/h2-9,18,25-27H,1H3,(H2,21,24)(H,22,23)/t19-/m0/s1. The Morgan fingerprint density at radius 3 is 2.54 bits per heavy atom. The Morgan fingerprint density at radius 2 is 1.93 bits per heavy atom. The maximum Gasteiger partial charge on any atom is 0.251 e. The van der Waals surface area contributed by atoms with Crippen LogP contribution in [0.2, 0.25) is 5.02 Å². The van der Waals surface area contributed by atoms with E-state index >= 15 is 0 Å². The van der Waals surface area contributed by atoms with Crippen LogP contribution in [0, 0.1) is 0 Å². The summed E-state index contributed by atoms with van der Waals surface area (Å²) in [4.78, 5) is 16.9. The van der Waals surface area contributed by atoms with Gasteiger partial charge >= 0.3 is 0 Å². The zero-order valence-electron chi connectivity index (χ0n) is 14.8. The summed E-state index contributed by atoms with van der Waals surface area (Å²) in [5.41, 5.74) is 4.77. The molecule has 146 valence electrons. The van der Waals surface area contributed by atoms with E-state index in [0.717, 1.165) is 10.4 Å². The molecule has 2 aromatic heterocycles. The number of benzene rings is 1. The number of nitrogens with one attached hydrogen (secondary N) is 1. The zero-order valence-corrected chi connectivity index (χ0v) is 16.3. The summed E-state index contributed by atoms with van der Waals surface area (Å²) >= 11 is 7.22. The predicted octanol–water partition coefficient (Wildman–Crippen LogP) is 2.82. The summed E-state index contributed by atoms with van der Waals surface area (Å²) in [7, 11) is 0. The van der Waals surface area contributed by atoms with Crippen molar-refractivity contribution in [3.8, 4) is 10.4 Å². The van der Waals surface area contributed by atoms with Gasteiger partial charge in [0.05, 0.1) is 11.3 Å². The van der Waals surface area contributed by atoms with E-state index in [1.165, 1.54) is 24.3 Å². The number of primary amides is 1. The van der Waals surface area contributed by atoms with E-state index in [9.17, 15) is 20.1 Å². The topological polar surface area (TPSA) is 129 Å². The minimum atomic E-state index is -2.00. The van der Waals surface area contributed by atoms with Crippen LogP contribution in [0.15, 0.2) is 48.5 Å². The summed E-state index contributed by atoms with van der Waals surface area (Å²) in [5.74, 6) is -0.293. The molecule has 1 atom stereocenters. The Kier molecular flexibility index (Phi) is 5.69. The second-order valence-electron chi connectivity index (χ2n) is 6.28. The van der Waals surface area contributed by atoms with Crippen molar-refractivity contribution in [3.05, 3.63) is 64.8 Å². The smallest absolute Gasteiger partial charge is 0.251 e. The van der Waals surface area contributed by atoms with Crippen molar-refractivity contribution >= 4 is 39.7 Å². The quantitative estimate of drug-likeness (QED) is 0.391. The molecule has 0 unspecified atom stereocenters. The molecule has 0 aliphatic heterocycles. The van der Waals surface area contributed by atoms with Crippen molar-refractivity contribution in [1.29, 1.82) is 0 Å². The Bertz CT molecular complexity index is 1000. The molecule has 0 spiro atoms. The Balaban J connectivity index is 1.96. The van der Waals surface area contributed by atoms with Crippen LogP contribution >= 0.6 is 22.9 Å². The SMILES string of the molecule is C[C@](O)(c1cccc(Nc2sc(-c3ccc(Cl)cc3)cc2C(N)=O)n1)C(O)O. The minimum absolute atomic E-state index is 0.0580. The van der Waals surface area contributed by atoms with E-state index in [1.807, 2.05) is 12.1 Å². The molecule has 0 radical (unpaired) electrons. The fourth-order valence-electron chi connectivity index (χ4n) is 2.46. The van der Waals surface area contributed by atoms with Crippen molar-refractivity contribution in [2.75, 3.05) is 5.32 Å². The molecule has 0 bridgehead atoms. The number of aromatic nitrogens is 1. The van der Waals surface area contributed by atoms with Gasteiger partial charge in [-0.05, 0) is 42.8 Å². The second-order valence-corrected chi connectivity index (χ2v) is 7.77. The number of pyridine rings is 1. The van der Waals surface area contributed by atoms with Crippen molar-refractivity contribution < 1.29 is 20.1 Å². The molecule has 6 N–H and O–H groups in total. The van der Waals surface area contributed by atoms with Crippen molar-refractivity contribution in [3.63, 3.8) is 0 Å². The highest BCUT2D eigenvalue weighted by Gasteiger charge is 2.32. The molecular weight excluding hydrogens is 402 g/mol. The molecule has 28 heavy (non-hydrogen) atoms. The van der Waals surface area contributed by atoms with Gasteiger partial charge in [-0.15, -0.1) is 11.3 Å². The summed E-state index contributed by atoms with van der Waals surface area (Å²) in [6, 6.07) is 13.5. The molecule has 1 amide bonds.